The Morgan fingerprint density at radius 1 is 1.28 bits per heavy atom. The van der Waals surface area contributed by atoms with Crippen LogP contribution in [0, 0.1) is 5.41 Å². The summed E-state index contributed by atoms with van der Waals surface area (Å²) in [4.78, 5) is 17.0. The van der Waals surface area contributed by atoms with E-state index in [1.54, 1.807) is 4.90 Å². The number of rotatable bonds is 7. The summed E-state index contributed by atoms with van der Waals surface area (Å²) in [5, 5.41) is 10.4. The Bertz CT molecular complexity index is 553. The quantitative estimate of drug-likeness (QED) is 0.814. The highest BCUT2D eigenvalue weighted by molar-refractivity contribution is 5.83. The van der Waals surface area contributed by atoms with Crippen LogP contribution in [0.2, 0.25) is 0 Å². The van der Waals surface area contributed by atoms with E-state index >= 15 is 0 Å². The highest BCUT2D eigenvalue weighted by Gasteiger charge is 2.45. The monoisotopic (exact) mass is 346 g/mol. The van der Waals surface area contributed by atoms with E-state index in [1.807, 2.05) is 25.2 Å². The molecule has 1 atom stereocenters. The van der Waals surface area contributed by atoms with Crippen LogP contribution >= 0.6 is 0 Å². The molecule has 25 heavy (non-hydrogen) atoms. The first-order valence-electron chi connectivity index (χ1n) is 9.37. The second-order valence-electron chi connectivity index (χ2n) is 7.55. The predicted molar refractivity (Wildman–Crippen MR) is 97.3 cm³/mol. The summed E-state index contributed by atoms with van der Waals surface area (Å²) in [6.45, 7) is 4.15. The largest absolute Gasteiger partial charge is 0.390 e. The van der Waals surface area contributed by atoms with Crippen molar-refractivity contribution in [3.8, 4) is 0 Å². The second kappa shape index (κ2) is 8.30. The number of nitrogens with zero attached hydrogens (tertiary/aromatic N) is 2. The normalized spacial score (nSPS) is 21.4. The van der Waals surface area contributed by atoms with E-state index in [2.05, 4.69) is 17.0 Å². The third-order valence-corrected chi connectivity index (χ3v) is 5.55. The van der Waals surface area contributed by atoms with Gasteiger partial charge < -0.3 is 14.7 Å². The third-order valence-electron chi connectivity index (χ3n) is 5.55. The fraction of sp³-hybridized carbons (Fsp3) is 0.650. The van der Waals surface area contributed by atoms with Gasteiger partial charge in [-0.1, -0.05) is 36.8 Å². The molecule has 1 N–H and O–H groups in total. The van der Waals surface area contributed by atoms with E-state index in [4.69, 9.17) is 4.74 Å². The molecule has 1 unspecified atom stereocenters. The van der Waals surface area contributed by atoms with Crippen LogP contribution in [0.4, 0.5) is 0 Å². The molecule has 1 saturated carbocycles. The molecule has 0 bridgehead atoms. The Balaban J connectivity index is 1.54. The van der Waals surface area contributed by atoms with Crippen molar-refractivity contribution in [2.75, 3.05) is 46.4 Å². The highest BCUT2D eigenvalue weighted by atomic mass is 16.5. The molecule has 5 heteroatoms. The zero-order chi connectivity index (χ0) is 17.7. The molecule has 2 aliphatic rings. The molecule has 0 aromatic heterocycles. The summed E-state index contributed by atoms with van der Waals surface area (Å²) in [6.07, 6.45) is 3.30. The maximum atomic E-state index is 13.1. The van der Waals surface area contributed by atoms with Crippen LogP contribution in [0.25, 0.3) is 0 Å². The summed E-state index contributed by atoms with van der Waals surface area (Å²) in [5.74, 6) is 0.184. The third kappa shape index (κ3) is 4.60. The Labute approximate surface area is 150 Å². The molecule has 2 fully saturated rings. The van der Waals surface area contributed by atoms with Gasteiger partial charge in [-0.3, -0.25) is 9.69 Å². The number of aliphatic hydroxyl groups is 1. The smallest absolute Gasteiger partial charge is 0.228 e. The average molecular weight is 346 g/mol. The van der Waals surface area contributed by atoms with Crippen molar-refractivity contribution in [2.24, 2.45) is 5.41 Å². The van der Waals surface area contributed by atoms with Gasteiger partial charge in [0.15, 0.2) is 0 Å². The number of hydrogen-bond acceptors (Lipinski definition) is 4. The molecule has 0 radical (unpaired) electrons. The van der Waals surface area contributed by atoms with Crippen molar-refractivity contribution in [3.63, 3.8) is 0 Å². The van der Waals surface area contributed by atoms with Crippen molar-refractivity contribution < 1.29 is 14.6 Å². The number of carbonyl (C=O) groups is 1. The summed E-state index contributed by atoms with van der Waals surface area (Å²) in [5.41, 5.74) is 0.951. The second-order valence-corrected chi connectivity index (χ2v) is 7.55. The lowest BCUT2D eigenvalue weighted by atomic mass is 9.64. The molecule has 1 aromatic rings. The maximum Gasteiger partial charge on any atom is 0.228 e. The molecule has 0 spiro atoms. The topological polar surface area (TPSA) is 53.0 Å². The number of ether oxygens (including phenoxy) is 1. The summed E-state index contributed by atoms with van der Waals surface area (Å²) >= 11 is 0. The van der Waals surface area contributed by atoms with E-state index in [-0.39, 0.29) is 11.3 Å². The molecular formula is C20H30N2O3. The highest BCUT2D eigenvalue weighted by Crippen LogP contribution is 2.45. The van der Waals surface area contributed by atoms with E-state index in [0.29, 0.717) is 13.1 Å². The van der Waals surface area contributed by atoms with Crippen molar-refractivity contribution in [3.05, 3.63) is 35.9 Å². The number of β-amino-alcohol motifs (C(OH)–C–C–N with tert-alkyl or cyclic N) is 1. The van der Waals surface area contributed by atoms with Gasteiger partial charge in [-0.25, -0.2) is 0 Å². The number of morpholine rings is 1. The van der Waals surface area contributed by atoms with Crippen LogP contribution in [0.15, 0.2) is 30.3 Å². The average Bonchev–Trinajstić information content (AvgIpc) is 2.59. The van der Waals surface area contributed by atoms with Crippen LogP contribution in [0.3, 0.4) is 0 Å². The van der Waals surface area contributed by atoms with Crippen LogP contribution in [-0.4, -0.2) is 73.4 Å². The van der Waals surface area contributed by atoms with Crippen LogP contribution < -0.4 is 0 Å². The molecule has 1 amide bonds. The minimum absolute atomic E-state index is 0.184. The number of benzene rings is 1. The summed E-state index contributed by atoms with van der Waals surface area (Å²) in [6, 6.07) is 10.3. The fourth-order valence-electron chi connectivity index (χ4n) is 4.00. The van der Waals surface area contributed by atoms with Crippen molar-refractivity contribution in [2.45, 2.75) is 31.8 Å². The van der Waals surface area contributed by atoms with Crippen molar-refractivity contribution in [1.82, 2.24) is 9.80 Å². The fourth-order valence-corrected chi connectivity index (χ4v) is 4.00. The molecule has 1 aromatic carbocycles. The van der Waals surface area contributed by atoms with Gasteiger partial charge in [0.1, 0.15) is 0 Å². The number of hydrogen-bond donors (Lipinski definition) is 1. The van der Waals surface area contributed by atoms with E-state index in [1.165, 1.54) is 5.56 Å². The number of carbonyl (C=O) groups excluding carboxylic acids is 1. The minimum Gasteiger partial charge on any atom is -0.390 e. The molecular weight excluding hydrogens is 316 g/mol. The minimum atomic E-state index is -0.513. The first-order valence-corrected chi connectivity index (χ1v) is 9.37. The molecule has 1 saturated heterocycles. The van der Waals surface area contributed by atoms with Crippen molar-refractivity contribution >= 4 is 5.91 Å². The SMILES string of the molecule is CN(CC(O)CN1CCOCC1)C(=O)C1(Cc2ccccc2)CCC1. The molecule has 1 aliphatic heterocycles. The van der Waals surface area contributed by atoms with Crippen molar-refractivity contribution in [1.29, 1.82) is 0 Å². The standard InChI is InChI=1S/C20H30N2O3/c1-21(15-18(23)16-22-10-12-25-13-11-22)19(24)20(8-5-9-20)14-17-6-3-2-4-7-17/h2-4,6-7,18,23H,5,8-16H2,1H3. The Morgan fingerprint density at radius 3 is 2.56 bits per heavy atom. The molecule has 1 aliphatic carbocycles. The van der Waals surface area contributed by atoms with Crippen LogP contribution in [0.1, 0.15) is 24.8 Å². The number of aliphatic hydroxyl groups excluding tert-OH is 1. The lowest BCUT2D eigenvalue weighted by Gasteiger charge is -2.43. The van der Waals surface area contributed by atoms with E-state index < -0.39 is 6.10 Å². The Hall–Kier alpha value is -1.43. The summed E-state index contributed by atoms with van der Waals surface area (Å²) in [7, 11) is 1.83. The predicted octanol–water partition coefficient (Wildman–Crippen LogP) is 1.55. The van der Waals surface area contributed by atoms with E-state index in [9.17, 15) is 9.90 Å². The van der Waals surface area contributed by atoms with Gasteiger partial charge in [-0.15, -0.1) is 0 Å². The zero-order valence-electron chi connectivity index (χ0n) is 15.2. The molecule has 1 heterocycles. The first-order chi connectivity index (χ1) is 12.1. The van der Waals surface area contributed by atoms with Gasteiger partial charge in [-0.05, 0) is 24.8 Å². The summed E-state index contributed by atoms with van der Waals surface area (Å²) < 4.78 is 5.34. The van der Waals surface area contributed by atoms with Gasteiger partial charge in [0.2, 0.25) is 5.91 Å². The lowest BCUT2D eigenvalue weighted by Crippen LogP contribution is -2.51. The van der Waals surface area contributed by atoms with Gasteiger partial charge in [0.05, 0.1) is 24.7 Å². The lowest BCUT2D eigenvalue weighted by molar-refractivity contribution is -0.147. The van der Waals surface area contributed by atoms with Gasteiger partial charge in [-0.2, -0.15) is 0 Å². The van der Waals surface area contributed by atoms with Crippen LogP contribution in [-0.2, 0) is 16.0 Å². The maximum absolute atomic E-state index is 13.1. The van der Waals surface area contributed by atoms with Crippen LogP contribution in [0.5, 0.6) is 0 Å². The Kier molecular flexibility index (Phi) is 6.10. The van der Waals surface area contributed by atoms with Gasteiger partial charge in [0, 0.05) is 33.2 Å². The number of amides is 1. The van der Waals surface area contributed by atoms with Gasteiger partial charge in [0.25, 0.3) is 0 Å². The van der Waals surface area contributed by atoms with E-state index in [0.717, 1.165) is 52.0 Å². The Morgan fingerprint density at radius 2 is 1.96 bits per heavy atom. The molecule has 138 valence electrons. The van der Waals surface area contributed by atoms with Gasteiger partial charge >= 0.3 is 0 Å². The number of likely N-dealkylation sites (N-methyl/N-ethyl adjacent to an activating group) is 1. The zero-order valence-corrected chi connectivity index (χ0v) is 15.2. The first kappa shape index (κ1) is 18.4. The molecule has 3 rings (SSSR count). The molecule has 5 nitrogen and oxygen atoms in total.